The van der Waals surface area contributed by atoms with Gasteiger partial charge in [-0.15, -0.1) is 0 Å². The summed E-state index contributed by atoms with van der Waals surface area (Å²) in [7, 11) is 0. The first-order chi connectivity index (χ1) is 9.16. The van der Waals surface area contributed by atoms with E-state index in [0.717, 1.165) is 25.2 Å². The van der Waals surface area contributed by atoms with Crippen molar-refractivity contribution < 1.29 is 4.79 Å². The lowest BCUT2D eigenvalue weighted by atomic mass is 9.90. The van der Waals surface area contributed by atoms with Crippen LogP contribution in [0.4, 0.5) is 0 Å². The maximum atomic E-state index is 12.6. The average molecular weight is 278 g/mol. The van der Waals surface area contributed by atoms with Crippen molar-refractivity contribution in [2.45, 2.75) is 46.6 Å². The SMILES string of the molecule is Cc1cc(C(=O)N2CCC(C)(CN)C2)nn1C(C)(C)C. The van der Waals surface area contributed by atoms with Gasteiger partial charge in [-0.05, 0) is 52.1 Å². The Labute approximate surface area is 121 Å². The highest BCUT2D eigenvalue weighted by molar-refractivity contribution is 5.92. The van der Waals surface area contributed by atoms with Crippen molar-refractivity contribution in [2.75, 3.05) is 19.6 Å². The molecule has 2 N–H and O–H groups in total. The van der Waals surface area contributed by atoms with Crippen LogP contribution in [0.25, 0.3) is 0 Å². The molecule has 1 amide bonds. The molecule has 1 aromatic rings. The summed E-state index contributed by atoms with van der Waals surface area (Å²) in [5, 5.41) is 4.49. The molecule has 1 aliphatic rings. The molecule has 0 spiro atoms. The molecule has 1 fully saturated rings. The van der Waals surface area contributed by atoms with E-state index >= 15 is 0 Å². The van der Waals surface area contributed by atoms with Crippen molar-refractivity contribution in [3.05, 3.63) is 17.5 Å². The highest BCUT2D eigenvalue weighted by Gasteiger charge is 2.36. The number of aromatic nitrogens is 2. The molecular weight excluding hydrogens is 252 g/mol. The molecule has 0 aliphatic carbocycles. The number of carbonyl (C=O) groups is 1. The molecule has 2 rings (SSSR count). The number of likely N-dealkylation sites (tertiary alicyclic amines) is 1. The summed E-state index contributed by atoms with van der Waals surface area (Å²) >= 11 is 0. The second-order valence-corrected chi connectivity index (χ2v) is 7.25. The van der Waals surface area contributed by atoms with Gasteiger partial charge in [-0.2, -0.15) is 5.10 Å². The first kappa shape index (κ1) is 15.0. The number of hydrogen-bond donors (Lipinski definition) is 1. The van der Waals surface area contributed by atoms with Crippen molar-refractivity contribution in [1.82, 2.24) is 14.7 Å². The lowest BCUT2D eigenvalue weighted by Crippen LogP contribution is -2.35. The second-order valence-electron chi connectivity index (χ2n) is 7.25. The predicted molar refractivity (Wildman–Crippen MR) is 79.6 cm³/mol. The summed E-state index contributed by atoms with van der Waals surface area (Å²) in [6.07, 6.45) is 0.966. The summed E-state index contributed by atoms with van der Waals surface area (Å²) in [5.41, 5.74) is 7.29. The minimum Gasteiger partial charge on any atom is -0.337 e. The van der Waals surface area contributed by atoms with Gasteiger partial charge in [0, 0.05) is 18.8 Å². The van der Waals surface area contributed by atoms with Gasteiger partial charge in [0.15, 0.2) is 5.69 Å². The molecule has 0 aromatic carbocycles. The Bertz CT molecular complexity index is 514. The monoisotopic (exact) mass is 278 g/mol. The molecule has 1 saturated heterocycles. The smallest absolute Gasteiger partial charge is 0.274 e. The van der Waals surface area contributed by atoms with Gasteiger partial charge in [0.2, 0.25) is 0 Å². The fourth-order valence-corrected chi connectivity index (χ4v) is 2.78. The van der Waals surface area contributed by atoms with Crippen molar-refractivity contribution in [3.8, 4) is 0 Å². The van der Waals surface area contributed by atoms with Gasteiger partial charge < -0.3 is 10.6 Å². The van der Waals surface area contributed by atoms with Crippen LogP contribution >= 0.6 is 0 Å². The van der Waals surface area contributed by atoms with Crippen LogP contribution in [0.3, 0.4) is 0 Å². The largest absolute Gasteiger partial charge is 0.337 e. The molecule has 1 unspecified atom stereocenters. The second kappa shape index (κ2) is 4.88. The Balaban J connectivity index is 2.19. The minimum atomic E-state index is -0.112. The zero-order valence-electron chi connectivity index (χ0n) is 13.2. The van der Waals surface area contributed by atoms with E-state index in [-0.39, 0.29) is 16.9 Å². The third-order valence-corrected chi connectivity index (χ3v) is 4.08. The van der Waals surface area contributed by atoms with Crippen LogP contribution in [-0.2, 0) is 5.54 Å². The first-order valence-corrected chi connectivity index (χ1v) is 7.23. The summed E-state index contributed by atoms with van der Waals surface area (Å²) in [6, 6.07) is 1.88. The zero-order valence-corrected chi connectivity index (χ0v) is 13.2. The van der Waals surface area contributed by atoms with E-state index < -0.39 is 0 Å². The van der Waals surface area contributed by atoms with E-state index in [9.17, 15) is 4.79 Å². The Kier molecular flexibility index (Phi) is 3.67. The standard InChI is InChI=1S/C15H26N4O/c1-11-8-12(17-19(11)14(2,3)4)13(20)18-7-6-15(5,9-16)10-18/h8H,6-7,9-10,16H2,1-5H3. The highest BCUT2D eigenvalue weighted by Crippen LogP contribution is 2.29. The Morgan fingerprint density at radius 1 is 1.50 bits per heavy atom. The molecule has 0 radical (unpaired) electrons. The molecule has 2 heterocycles. The van der Waals surface area contributed by atoms with Crippen LogP contribution in [0.1, 0.15) is 50.3 Å². The molecule has 1 aliphatic heterocycles. The van der Waals surface area contributed by atoms with Gasteiger partial charge in [-0.1, -0.05) is 6.92 Å². The number of nitrogens with zero attached hydrogens (tertiary/aromatic N) is 3. The van der Waals surface area contributed by atoms with Crippen LogP contribution in [0, 0.1) is 12.3 Å². The molecule has 112 valence electrons. The zero-order chi connectivity index (χ0) is 15.1. The Morgan fingerprint density at radius 2 is 2.15 bits per heavy atom. The molecule has 0 bridgehead atoms. The molecule has 1 aromatic heterocycles. The van der Waals surface area contributed by atoms with Gasteiger partial charge in [0.25, 0.3) is 5.91 Å². The summed E-state index contributed by atoms with van der Waals surface area (Å²) in [5.74, 6) is 0.0216. The average Bonchev–Trinajstić information content (AvgIpc) is 2.92. The molecule has 5 heteroatoms. The van der Waals surface area contributed by atoms with E-state index in [0.29, 0.717) is 12.2 Å². The van der Waals surface area contributed by atoms with Gasteiger partial charge >= 0.3 is 0 Å². The Morgan fingerprint density at radius 3 is 2.60 bits per heavy atom. The quantitative estimate of drug-likeness (QED) is 0.896. The third kappa shape index (κ3) is 2.73. The third-order valence-electron chi connectivity index (χ3n) is 4.08. The first-order valence-electron chi connectivity index (χ1n) is 7.23. The number of hydrogen-bond acceptors (Lipinski definition) is 3. The molecule has 5 nitrogen and oxygen atoms in total. The van der Waals surface area contributed by atoms with E-state index in [1.165, 1.54) is 0 Å². The van der Waals surface area contributed by atoms with Crippen LogP contribution in [0.15, 0.2) is 6.07 Å². The minimum absolute atomic E-state index is 0.0216. The predicted octanol–water partition coefficient (Wildman–Crippen LogP) is 1.76. The van der Waals surface area contributed by atoms with Crippen LogP contribution in [0.5, 0.6) is 0 Å². The van der Waals surface area contributed by atoms with Crippen molar-refractivity contribution in [2.24, 2.45) is 11.1 Å². The lowest BCUT2D eigenvalue weighted by Gasteiger charge is -2.22. The molecule has 20 heavy (non-hydrogen) atoms. The van der Waals surface area contributed by atoms with E-state index in [4.69, 9.17) is 5.73 Å². The van der Waals surface area contributed by atoms with Crippen molar-refractivity contribution in [3.63, 3.8) is 0 Å². The number of aryl methyl sites for hydroxylation is 1. The lowest BCUT2D eigenvalue weighted by molar-refractivity contribution is 0.0769. The van der Waals surface area contributed by atoms with Crippen molar-refractivity contribution >= 4 is 5.91 Å². The fourth-order valence-electron chi connectivity index (χ4n) is 2.78. The molecule has 0 saturated carbocycles. The maximum absolute atomic E-state index is 12.6. The van der Waals surface area contributed by atoms with E-state index in [1.807, 2.05) is 22.6 Å². The summed E-state index contributed by atoms with van der Waals surface area (Å²) in [6.45, 7) is 12.5. The number of nitrogens with two attached hydrogens (primary N) is 1. The molecular formula is C15H26N4O. The van der Waals surface area contributed by atoms with Crippen LogP contribution in [0.2, 0.25) is 0 Å². The van der Waals surface area contributed by atoms with Crippen molar-refractivity contribution in [1.29, 1.82) is 0 Å². The maximum Gasteiger partial charge on any atom is 0.274 e. The molecule has 1 atom stereocenters. The van der Waals surface area contributed by atoms with Crippen LogP contribution in [-0.4, -0.2) is 40.2 Å². The summed E-state index contributed by atoms with van der Waals surface area (Å²) < 4.78 is 1.92. The van der Waals surface area contributed by atoms with Gasteiger partial charge in [0.05, 0.1) is 5.54 Å². The topological polar surface area (TPSA) is 64.2 Å². The number of carbonyl (C=O) groups excluding carboxylic acids is 1. The fraction of sp³-hybridized carbons (Fsp3) is 0.733. The van der Waals surface area contributed by atoms with Gasteiger partial charge in [0.1, 0.15) is 0 Å². The summed E-state index contributed by atoms with van der Waals surface area (Å²) in [4.78, 5) is 14.4. The highest BCUT2D eigenvalue weighted by atomic mass is 16.2. The van der Waals surface area contributed by atoms with Gasteiger partial charge in [-0.25, -0.2) is 0 Å². The van der Waals surface area contributed by atoms with Gasteiger partial charge in [-0.3, -0.25) is 9.48 Å². The Hall–Kier alpha value is -1.36. The number of rotatable bonds is 2. The normalized spacial score (nSPS) is 23.4. The van der Waals surface area contributed by atoms with E-state index in [2.05, 4.69) is 32.8 Å². The van der Waals surface area contributed by atoms with Crippen LogP contribution < -0.4 is 5.73 Å². The number of amides is 1. The van der Waals surface area contributed by atoms with E-state index in [1.54, 1.807) is 0 Å².